The Balaban J connectivity index is 1.75. The van der Waals surface area contributed by atoms with Crippen molar-refractivity contribution < 1.29 is 14.3 Å². The lowest BCUT2D eigenvalue weighted by molar-refractivity contribution is -0.122. The van der Waals surface area contributed by atoms with E-state index < -0.39 is 11.7 Å². The van der Waals surface area contributed by atoms with E-state index in [-0.39, 0.29) is 17.9 Å². The van der Waals surface area contributed by atoms with Crippen LogP contribution in [0.15, 0.2) is 0 Å². The van der Waals surface area contributed by atoms with Crippen LogP contribution in [0.5, 0.6) is 0 Å². The Morgan fingerprint density at radius 1 is 0.962 bits per heavy atom. The summed E-state index contributed by atoms with van der Waals surface area (Å²) in [4.78, 5) is 26.5. The van der Waals surface area contributed by atoms with Crippen LogP contribution >= 0.6 is 0 Å². The number of nitrogens with one attached hydrogen (secondary N) is 2. The number of carbonyl (C=O) groups is 2. The topological polar surface area (TPSA) is 70.7 Å². The Bertz CT molecular complexity index is 461. The number of amides is 2. The van der Waals surface area contributed by atoms with Gasteiger partial charge in [0.25, 0.3) is 0 Å². The lowest BCUT2D eigenvalue weighted by atomic mass is 9.79. The molecule has 2 N–H and O–H groups in total. The molecule has 6 heteroatoms. The molecule has 2 rings (SSSR count). The summed E-state index contributed by atoms with van der Waals surface area (Å²) in [5.41, 5.74) is -0.374. The highest BCUT2D eigenvalue weighted by Gasteiger charge is 2.38. The molecule has 1 aliphatic heterocycles. The second kappa shape index (κ2) is 9.58. The molecule has 0 radical (unpaired) electrons. The zero-order chi connectivity index (χ0) is 19.0. The predicted octanol–water partition coefficient (Wildman–Crippen LogP) is 3.21. The van der Waals surface area contributed by atoms with Crippen molar-refractivity contribution in [1.29, 1.82) is 0 Å². The average Bonchev–Trinajstić information content (AvgIpc) is 2.60. The van der Waals surface area contributed by atoms with Crippen LogP contribution in [-0.4, -0.2) is 54.2 Å². The highest BCUT2D eigenvalue weighted by atomic mass is 16.6. The van der Waals surface area contributed by atoms with E-state index in [4.69, 9.17) is 4.74 Å². The summed E-state index contributed by atoms with van der Waals surface area (Å²) in [5, 5.41) is 5.79. The van der Waals surface area contributed by atoms with Crippen LogP contribution < -0.4 is 10.6 Å². The first-order valence-corrected chi connectivity index (χ1v) is 10.3. The number of ether oxygens (including phenoxy) is 1. The number of likely N-dealkylation sites (tertiary alicyclic amines) is 1. The SMILES string of the molecule is CC(C)(C)OC(=O)NCCC(=O)NCC1(N2CCCCC2)CCCCC1. The quantitative estimate of drug-likeness (QED) is 0.756. The Morgan fingerprint density at radius 3 is 2.19 bits per heavy atom. The summed E-state index contributed by atoms with van der Waals surface area (Å²) in [5.74, 6) is 0.00279. The van der Waals surface area contributed by atoms with Crippen molar-refractivity contribution >= 4 is 12.0 Å². The van der Waals surface area contributed by atoms with Crippen LogP contribution in [0, 0.1) is 0 Å². The van der Waals surface area contributed by atoms with Gasteiger partial charge in [0.15, 0.2) is 0 Å². The monoisotopic (exact) mass is 367 g/mol. The first-order chi connectivity index (χ1) is 12.3. The fourth-order valence-corrected chi connectivity index (χ4v) is 4.13. The molecule has 26 heavy (non-hydrogen) atoms. The summed E-state index contributed by atoms with van der Waals surface area (Å²) in [6, 6.07) is 0. The molecule has 0 bridgehead atoms. The molecule has 1 aliphatic carbocycles. The summed E-state index contributed by atoms with van der Waals surface area (Å²) in [6.07, 6.45) is 9.88. The lowest BCUT2D eigenvalue weighted by Crippen LogP contribution is -2.58. The number of nitrogens with zero attached hydrogens (tertiary/aromatic N) is 1. The normalized spacial score (nSPS) is 21.0. The number of rotatable bonds is 6. The molecule has 0 spiro atoms. The maximum atomic E-state index is 12.3. The lowest BCUT2D eigenvalue weighted by Gasteiger charge is -2.48. The van der Waals surface area contributed by atoms with Crippen LogP contribution in [0.25, 0.3) is 0 Å². The largest absolute Gasteiger partial charge is 0.444 e. The van der Waals surface area contributed by atoms with Gasteiger partial charge in [0, 0.05) is 25.0 Å². The molecule has 0 atom stereocenters. The van der Waals surface area contributed by atoms with Crippen LogP contribution in [0.2, 0.25) is 0 Å². The fraction of sp³-hybridized carbons (Fsp3) is 0.900. The maximum absolute atomic E-state index is 12.3. The maximum Gasteiger partial charge on any atom is 0.407 e. The predicted molar refractivity (Wildman–Crippen MR) is 103 cm³/mol. The highest BCUT2D eigenvalue weighted by Crippen LogP contribution is 2.35. The number of piperidine rings is 1. The van der Waals surface area contributed by atoms with Gasteiger partial charge in [-0.25, -0.2) is 4.79 Å². The van der Waals surface area contributed by atoms with E-state index in [1.165, 1.54) is 51.4 Å². The highest BCUT2D eigenvalue weighted by molar-refractivity contribution is 5.77. The van der Waals surface area contributed by atoms with Crippen molar-refractivity contribution in [1.82, 2.24) is 15.5 Å². The Kier molecular flexibility index (Phi) is 7.74. The molecule has 150 valence electrons. The Hall–Kier alpha value is -1.30. The number of alkyl carbamates (subject to hydrolysis) is 1. The third kappa shape index (κ3) is 6.78. The smallest absolute Gasteiger partial charge is 0.407 e. The van der Waals surface area contributed by atoms with E-state index in [9.17, 15) is 9.59 Å². The van der Waals surface area contributed by atoms with Gasteiger partial charge in [-0.05, 0) is 59.5 Å². The van der Waals surface area contributed by atoms with Gasteiger partial charge < -0.3 is 15.4 Å². The second-order valence-corrected chi connectivity index (χ2v) is 8.79. The van der Waals surface area contributed by atoms with E-state index in [0.717, 1.165) is 19.6 Å². The number of hydrogen-bond donors (Lipinski definition) is 2. The summed E-state index contributed by atoms with van der Waals surface area (Å²) >= 11 is 0. The van der Waals surface area contributed by atoms with Crippen molar-refractivity contribution in [2.24, 2.45) is 0 Å². The first-order valence-electron chi connectivity index (χ1n) is 10.3. The molecule has 2 aliphatic rings. The van der Waals surface area contributed by atoms with E-state index in [1.807, 2.05) is 20.8 Å². The van der Waals surface area contributed by atoms with Gasteiger partial charge in [-0.2, -0.15) is 0 Å². The minimum atomic E-state index is -0.520. The molecular weight excluding hydrogens is 330 g/mol. The molecule has 6 nitrogen and oxygen atoms in total. The standard InChI is InChI=1S/C20H37N3O3/c1-19(2,3)26-18(25)21-13-10-17(24)22-16-20(11-6-4-7-12-20)23-14-8-5-9-15-23/h4-16H2,1-3H3,(H,21,25)(H,22,24). The van der Waals surface area contributed by atoms with Gasteiger partial charge in [0.05, 0.1) is 0 Å². The van der Waals surface area contributed by atoms with E-state index in [1.54, 1.807) is 0 Å². The van der Waals surface area contributed by atoms with Crippen LogP contribution in [-0.2, 0) is 9.53 Å². The third-order valence-electron chi connectivity index (χ3n) is 5.45. The van der Waals surface area contributed by atoms with Crippen molar-refractivity contribution in [3.05, 3.63) is 0 Å². The first kappa shape index (κ1) is 21.0. The van der Waals surface area contributed by atoms with Crippen molar-refractivity contribution in [3.63, 3.8) is 0 Å². The van der Waals surface area contributed by atoms with Gasteiger partial charge in [-0.3, -0.25) is 9.69 Å². The minimum absolute atomic E-state index is 0.00279. The zero-order valence-electron chi connectivity index (χ0n) is 16.9. The van der Waals surface area contributed by atoms with E-state index >= 15 is 0 Å². The molecule has 1 saturated carbocycles. The second-order valence-electron chi connectivity index (χ2n) is 8.79. The molecular formula is C20H37N3O3. The minimum Gasteiger partial charge on any atom is -0.444 e. The molecule has 0 aromatic heterocycles. The van der Waals surface area contributed by atoms with Gasteiger partial charge >= 0.3 is 6.09 Å². The van der Waals surface area contributed by atoms with Crippen molar-refractivity contribution in [2.75, 3.05) is 26.2 Å². The number of carbonyl (C=O) groups excluding carboxylic acids is 2. The summed E-state index contributed by atoms with van der Waals surface area (Å²) in [6.45, 7) is 8.83. The van der Waals surface area contributed by atoms with E-state index in [0.29, 0.717) is 6.54 Å². The van der Waals surface area contributed by atoms with Crippen LogP contribution in [0.4, 0.5) is 4.79 Å². The fourth-order valence-electron chi connectivity index (χ4n) is 4.13. The Morgan fingerprint density at radius 2 is 1.58 bits per heavy atom. The third-order valence-corrected chi connectivity index (χ3v) is 5.45. The number of hydrogen-bond acceptors (Lipinski definition) is 4. The molecule has 2 fully saturated rings. The average molecular weight is 368 g/mol. The van der Waals surface area contributed by atoms with Gasteiger partial charge in [0.1, 0.15) is 5.60 Å². The molecule has 1 heterocycles. The molecule has 1 saturated heterocycles. The van der Waals surface area contributed by atoms with Crippen LogP contribution in [0.3, 0.4) is 0 Å². The van der Waals surface area contributed by atoms with Gasteiger partial charge in [0.2, 0.25) is 5.91 Å². The van der Waals surface area contributed by atoms with Gasteiger partial charge in [-0.1, -0.05) is 25.7 Å². The molecule has 2 amide bonds. The Labute approximate surface area is 158 Å². The molecule has 0 aromatic carbocycles. The summed E-state index contributed by atoms with van der Waals surface area (Å²) < 4.78 is 5.18. The van der Waals surface area contributed by atoms with Gasteiger partial charge in [-0.15, -0.1) is 0 Å². The molecule has 0 aromatic rings. The van der Waals surface area contributed by atoms with Crippen molar-refractivity contribution in [2.45, 2.75) is 89.7 Å². The zero-order valence-corrected chi connectivity index (χ0v) is 16.9. The summed E-state index contributed by atoms with van der Waals surface area (Å²) in [7, 11) is 0. The molecule has 0 unspecified atom stereocenters. The van der Waals surface area contributed by atoms with E-state index in [2.05, 4.69) is 15.5 Å². The van der Waals surface area contributed by atoms with Crippen LogP contribution in [0.1, 0.15) is 78.6 Å². The van der Waals surface area contributed by atoms with Crippen molar-refractivity contribution in [3.8, 4) is 0 Å².